The molecule has 3 aromatic rings. The fourth-order valence-corrected chi connectivity index (χ4v) is 5.36. The highest BCUT2D eigenvalue weighted by Gasteiger charge is 2.33. The SMILES string of the molecule is CCOC(=O)c1cc(C2=C(c3cc(C(F)(F)F)ccc3OCc3ccc(F)cc3)CCC2)cc(N2CCCC2=O)c1. The maximum atomic E-state index is 13.8. The van der Waals surface area contributed by atoms with Crippen molar-refractivity contribution < 1.29 is 36.6 Å². The molecule has 0 unspecified atom stereocenters. The van der Waals surface area contributed by atoms with Gasteiger partial charge in [0.1, 0.15) is 18.2 Å². The summed E-state index contributed by atoms with van der Waals surface area (Å²) in [6.45, 7) is 2.44. The molecule has 9 heteroatoms. The lowest BCUT2D eigenvalue weighted by atomic mass is 9.93. The molecule has 1 saturated heterocycles. The Morgan fingerprint density at radius 3 is 2.37 bits per heavy atom. The number of anilines is 1. The molecule has 0 spiro atoms. The summed E-state index contributed by atoms with van der Waals surface area (Å²) >= 11 is 0. The third-order valence-electron chi connectivity index (χ3n) is 7.32. The molecule has 0 N–H and O–H groups in total. The summed E-state index contributed by atoms with van der Waals surface area (Å²) in [7, 11) is 0. The van der Waals surface area contributed by atoms with Gasteiger partial charge in [0.25, 0.3) is 0 Å². The first-order chi connectivity index (χ1) is 19.6. The smallest absolute Gasteiger partial charge is 0.416 e. The molecule has 5 rings (SSSR count). The van der Waals surface area contributed by atoms with Crippen LogP contribution in [0.4, 0.5) is 23.2 Å². The molecule has 0 radical (unpaired) electrons. The molecule has 5 nitrogen and oxygen atoms in total. The van der Waals surface area contributed by atoms with E-state index in [1.54, 1.807) is 36.1 Å². The van der Waals surface area contributed by atoms with Gasteiger partial charge in [-0.05, 0) is 103 Å². The lowest BCUT2D eigenvalue weighted by molar-refractivity contribution is -0.137. The van der Waals surface area contributed by atoms with Crippen LogP contribution in [-0.4, -0.2) is 25.0 Å². The Balaban J connectivity index is 1.61. The first-order valence-electron chi connectivity index (χ1n) is 13.6. The van der Waals surface area contributed by atoms with Gasteiger partial charge in [-0.15, -0.1) is 0 Å². The van der Waals surface area contributed by atoms with Crippen LogP contribution in [0.25, 0.3) is 11.1 Å². The number of esters is 1. The van der Waals surface area contributed by atoms with Crippen molar-refractivity contribution in [3.8, 4) is 5.75 Å². The molecular weight excluding hydrogens is 538 g/mol. The molecular formula is C32H29F4NO4. The first-order valence-corrected chi connectivity index (χ1v) is 13.6. The molecule has 1 aliphatic heterocycles. The summed E-state index contributed by atoms with van der Waals surface area (Å²) in [4.78, 5) is 26.9. The van der Waals surface area contributed by atoms with Crippen LogP contribution in [-0.2, 0) is 22.3 Å². The molecule has 3 aromatic carbocycles. The van der Waals surface area contributed by atoms with Gasteiger partial charge in [-0.25, -0.2) is 9.18 Å². The quantitative estimate of drug-likeness (QED) is 0.206. The standard InChI is InChI=1S/C32H29F4NO4/c1-2-40-31(39)22-15-21(16-25(17-22)37-14-4-7-30(37)38)26-5-3-6-27(26)28-18-23(32(34,35)36)10-13-29(28)41-19-20-8-11-24(33)12-9-20/h8-13,15-18H,2-7,14,19H2,1H3. The lowest BCUT2D eigenvalue weighted by Gasteiger charge is -2.20. The average Bonchev–Trinajstić information content (AvgIpc) is 3.61. The van der Waals surface area contributed by atoms with Crippen LogP contribution in [0.3, 0.4) is 0 Å². The Morgan fingerprint density at radius 1 is 0.927 bits per heavy atom. The van der Waals surface area contributed by atoms with Crippen molar-refractivity contribution in [2.75, 3.05) is 18.1 Å². The van der Waals surface area contributed by atoms with Crippen molar-refractivity contribution in [2.24, 2.45) is 0 Å². The molecule has 1 heterocycles. The van der Waals surface area contributed by atoms with Crippen LogP contribution in [0.1, 0.15) is 71.6 Å². The Bertz CT molecular complexity index is 1490. The number of hydrogen-bond acceptors (Lipinski definition) is 4. The third-order valence-corrected chi connectivity index (χ3v) is 7.32. The summed E-state index contributed by atoms with van der Waals surface area (Å²) in [5.41, 5.74) is 3.14. The van der Waals surface area contributed by atoms with Crippen molar-refractivity contribution in [1.82, 2.24) is 0 Å². The summed E-state index contributed by atoms with van der Waals surface area (Å²) < 4.78 is 65.9. The van der Waals surface area contributed by atoms with E-state index in [9.17, 15) is 27.2 Å². The minimum Gasteiger partial charge on any atom is -0.488 e. The van der Waals surface area contributed by atoms with E-state index in [1.807, 2.05) is 6.07 Å². The number of carbonyl (C=O) groups is 2. The lowest BCUT2D eigenvalue weighted by Crippen LogP contribution is -2.24. The number of amides is 1. The molecule has 1 amide bonds. The van der Waals surface area contributed by atoms with Gasteiger partial charge < -0.3 is 14.4 Å². The maximum Gasteiger partial charge on any atom is 0.416 e. The van der Waals surface area contributed by atoms with E-state index < -0.39 is 23.5 Å². The highest BCUT2D eigenvalue weighted by atomic mass is 19.4. The van der Waals surface area contributed by atoms with Crippen molar-refractivity contribution >= 4 is 28.7 Å². The monoisotopic (exact) mass is 567 g/mol. The number of alkyl halides is 3. The van der Waals surface area contributed by atoms with Gasteiger partial charge >= 0.3 is 12.1 Å². The van der Waals surface area contributed by atoms with Crippen molar-refractivity contribution in [2.45, 2.75) is 51.8 Å². The van der Waals surface area contributed by atoms with E-state index in [1.165, 1.54) is 18.2 Å². The Kier molecular flexibility index (Phi) is 8.15. The van der Waals surface area contributed by atoms with E-state index in [4.69, 9.17) is 9.47 Å². The number of ether oxygens (including phenoxy) is 2. The zero-order chi connectivity index (χ0) is 29.1. The summed E-state index contributed by atoms with van der Waals surface area (Å²) in [6, 6.07) is 14.2. The summed E-state index contributed by atoms with van der Waals surface area (Å²) in [6.07, 6.45) is -1.68. The predicted octanol–water partition coefficient (Wildman–Crippen LogP) is 7.82. The molecule has 2 aliphatic rings. The van der Waals surface area contributed by atoms with Gasteiger partial charge in [-0.1, -0.05) is 12.1 Å². The van der Waals surface area contributed by atoms with Gasteiger partial charge in [-0.3, -0.25) is 4.79 Å². The van der Waals surface area contributed by atoms with Gasteiger partial charge in [0.05, 0.1) is 17.7 Å². The van der Waals surface area contributed by atoms with Crippen LogP contribution in [0, 0.1) is 5.82 Å². The summed E-state index contributed by atoms with van der Waals surface area (Å²) in [5.74, 6) is -0.713. The number of nitrogens with zero attached hydrogens (tertiary/aromatic N) is 1. The van der Waals surface area contributed by atoms with Crippen LogP contribution in [0.5, 0.6) is 5.75 Å². The molecule has 214 valence electrons. The van der Waals surface area contributed by atoms with E-state index >= 15 is 0 Å². The topological polar surface area (TPSA) is 55.8 Å². The summed E-state index contributed by atoms with van der Waals surface area (Å²) in [5, 5.41) is 0. The maximum absolute atomic E-state index is 13.8. The molecule has 0 aromatic heterocycles. The minimum atomic E-state index is -4.56. The van der Waals surface area contributed by atoms with E-state index in [0.29, 0.717) is 66.6 Å². The Hall–Kier alpha value is -4.14. The predicted molar refractivity (Wildman–Crippen MR) is 147 cm³/mol. The highest BCUT2D eigenvalue weighted by molar-refractivity contribution is 6.01. The Morgan fingerprint density at radius 2 is 1.68 bits per heavy atom. The highest BCUT2D eigenvalue weighted by Crippen LogP contribution is 2.45. The second-order valence-corrected chi connectivity index (χ2v) is 10.1. The largest absolute Gasteiger partial charge is 0.488 e. The number of allylic oxidation sites excluding steroid dienone is 2. The zero-order valence-corrected chi connectivity index (χ0v) is 22.5. The molecule has 0 saturated carbocycles. The van der Waals surface area contributed by atoms with E-state index in [0.717, 1.165) is 17.7 Å². The second-order valence-electron chi connectivity index (χ2n) is 10.1. The van der Waals surface area contributed by atoms with Crippen LogP contribution in [0.2, 0.25) is 0 Å². The number of halogens is 4. The number of rotatable bonds is 8. The van der Waals surface area contributed by atoms with Crippen molar-refractivity contribution in [1.29, 1.82) is 0 Å². The molecule has 0 bridgehead atoms. The van der Waals surface area contributed by atoms with Gasteiger partial charge in [0.15, 0.2) is 0 Å². The second kappa shape index (κ2) is 11.8. The normalized spacial score (nSPS) is 15.5. The van der Waals surface area contributed by atoms with Crippen molar-refractivity contribution in [3.05, 3.63) is 94.3 Å². The number of benzene rings is 3. The molecule has 1 aliphatic carbocycles. The first kappa shape index (κ1) is 28.4. The van der Waals surface area contributed by atoms with Crippen molar-refractivity contribution in [3.63, 3.8) is 0 Å². The van der Waals surface area contributed by atoms with E-state index in [-0.39, 0.29) is 30.4 Å². The zero-order valence-electron chi connectivity index (χ0n) is 22.5. The molecule has 41 heavy (non-hydrogen) atoms. The Labute approximate surface area is 235 Å². The van der Waals surface area contributed by atoms with E-state index in [2.05, 4.69) is 0 Å². The molecule has 1 fully saturated rings. The van der Waals surface area contributed by atoms with Crippen LogP contribution < -0.4 is 9.64 Å². The number of carbonyl (C=O) groups excluding carboxylic acids is 2. The van der Waals surface area contributed by atoms with Crippen LogP contribution in [0.15, 0.2) is 60.7 Å². The number of hydrogen-bond donors (Lipinski definition) is 0. The third kappa shape index (κ3) is 6.29. The van der Waals surface area contributed by atoms with Gasteiger partial charge in [0.2, 0.25) is 5.91 Å². The average molecular weight is 568 g/mol. The fourth-order valence-electron chi connectivity index (χ4n) is 5.36. The van der Waals surface area contributed by atoms with Gasteiger partial charge in [-0.2, -0.15) is 13.2 Å². The minimum absolute atomic E-state index is 0.0425. The fraction of sp³-hybridized carbons (Fsp3) is 0.312. The van der Waals surface area contributed by atoms with Gasteiger partial charge in [0, 0.05) is 24.2 Å². The van der Waals surface area contributed by atoms with Crippen LogP contribution >= 0.6 is 0 Å². The molecule has 0 atom stereocenters.